The predicted octanol–water partition coefficient (Wildman–Crippen LogP) is 6.05. The molecule has 174 valence electrons. The summed E-state index contributed by atoms with van der Waals surface area (Å²) in [6.07, 6.45) is 5.39. The number of aromatic nitrogens is 2. The fourth-order valence-electron chi connectivity index (χ4n) is 3.74. The van der Waals surface area contributed by atoms with E-state index < -0.39 is 0 Å². The van der Waals surface area contributed by atoms with E-state index in [1.54, 1.807) is 11.3 Å². The van der Waals surface area contributed by atoms with Gasteiger partial charge in [-0.3, -0.25) is 0 Å². The van der Waals surface area contributed by atoms with Gasteiger partial charge in [-0.1, -0.05) is 44.0 Å². The van der Waals surface area contributed by atoms with Crippen LogP contribution < -0.4 is 9.47 Å². The van der Waals surface area contributed by atoms with Crippen LogP contribution in [-0.4, -0.2) is 34.5 Å². The lowest BCUT2D eigenvalue weighted by atomic mass is 9.99. The maximum atomic E-state index is 9.13. The molecule has 0 bridgehead atoms. The lowest BCUT2D eigenvalue weighted by molar-refractivity contribution is 0.201. The molecule has 0 aliphatic rings. The van der Waals surface area contributed by atoms with Crippen molar-refractivity contribution in [2.24, 2.45) is 0 Å². The summed E-state index contributed by atoms with van der Waals surface area (Å²) in [6, 6.07) is 16.2. The average Bonchev–Trinajstić information content (AvgIpc) is 3.29. The van der Waals surface area contributed by atoms with Gasteiger partial charge >= 0.3 is 0 Å². The number of rotatable bonds is 9. The lowest BCUT2D eigenvalue weighted by Gasteiger charge is -2.16. The maximum Gasteiger partial charge on any atom is 0.200 e. The summed E-state index contributed by atoms with van der Waals surface area (Å²) in [4.78, 5) is 5.85. The number of hydrogen-bond donors (Lipinski definition) is 1. The Morgan fingerprint density at radius 3 is 2.65 bits per heavy atom. The van der Waals surface area contributed by atoms with Crippen LogP contribution in [0, 0.1) is 17.1 Å². The molecule has 4 rings (SSSR count). The van der Waals surface area contributed by atoms with Gasteiger partial charge in [0.15, 0.2) is 0 Å². The summed E-state index contributed by atoms with van der Waals surface area (Å²) < 4.78 is 13.9. The molecule has 1 N–H and O–H groups in total. The molecule has 0 fully saturated rings. The second kappa shape index (κ2) is 10.8. The zero-order valence-electron chi connectivity index (χ0n) is 19.2. The van der Waals surface area contributed by atoms with Crippen LogP contribution in [0.5, 0.6) is 11.5 Å². The first-order valence-electron chi connectivity index (χ1n) is 11.0. The quantitative estimate of drug-likeness (QED) is 0.229. The molecule has 0 atom stereocenters. The van der Waals surface area contributed by atoms with Crippen LogP contribution in [0.3, 0.4) is 0 Å². The minimum atomic E-state index is -0.0378. The number of nitrogens with zero attached hydrogens (tertiary/aromatic N) is 2. The largest absolute Gasteiger partial charge is 0.490 e. The highest BCUT2D eigenvalue weighted by Gasteiger charge is 2.15. The van der Waals surface area contributed by atoms with Crippen LogP contribution in [0.2, 0.25) is 0 Å². The zero-order valence-corrected chi connectivity index (χ0v) is 20.8. The van der Waals surface area contributed by atoms with Crippen LogP contribution >= 0.6 is 23.6 Å². The molecule has 0 amide bonds. The number of hydrogen-bond acceptors (Lipinski definition) is 6. The van der Waals surface area contributed by atoms with Crippen molar-refractivity contribution in [3.8, 4) is 35.1 Å². The van der Waals surface area contributed by atoms with E-state index in [2.05, 4.69) is 44.0 Å². The van der Waals surface area contributed by atoms with Crippen molar-refractivity contribution in [3.63, 3.8) is 0 Å². The van der Waals surface area contributed by atoms with Crippen molar-refractivity contribution in [2.75, 3.05) is 19.8 Å². The van der Waals surface area contributed by atoms with E-state index in [0.29, 0.717) is 23.0 Å². The Hall–Kier alpha value is -3.18. The highest BCUT2D eigenvalue weighted by Crippen LogP contribution is 2.33. The Morgan fingerprint density at radius 1 is 1.15 bits per heavy atom. The van der Waals surface area contributed by atoms with E-state index in [1.165, 1.54) is 5.56 Å². The summed E-state index contributed by atoms with van der Waals surface area (Å²) in [6.45, 7) is 5.26. The second-order valence-corrected chi connectivity index (χ2v) is 9.42. The topological polar surface area (TPSA) is 56.5 Å². The number of fused-ring (bicyclic) bond motifs is 1. The molecule has 0 spiro atoms. The van der Waals surface area contributed by atoms with Crippen LogP contribution in [0.25, 0.3) is 22.2 Å². The van der Waals surface area contributed by atoms with Crippen molar-refractivity contribution >= 4 is 34.5 Å². The molecule has 0 saturated carbocycles. The monoisotopic (exact) mass is 490 g/mol. The first-order valence-corrected chi connectivity index (χ1v) is 12.3. The van der Waals surface area contributed by atoms with Gasteiger partial charge < -0.3 is 19.1 Å². The third kappa shape index (κ3) is 5.15. The van der Waals surface area contributed by atoms with Gasteiger partial charge in [-0.15, -0.1) is 17.8 Å². The van der Waals surface area contributed by atoms with E-state index in [4.69, 9.17) is 38.2 Å². The van der Waals surface area contributed by atoms with Gasteiger partial charge in [0.2, 0.25) is 4.77 Å². The molecule has 2 aromatic carbocycles. The van der Waals surface area contributed by atoms with Gasteiger partial charge in [0.1, 0.15) is 24.7 Å². The van der Waals surface area contributed by atoms with Crippen LogP contribution in [0.1, 0.15) is 30.2 Å². The lowest BCUT2D eigenvalue weighted by Crippen LogP contribution is -2.08. The minimum absolute atomic E-state index is 0.0378. The van der Waals surface area contributed by atoms with E-state index in [-0.39, 0.29) is 19.8 Å². The SMILES string of the molecule is C#CCOc1ccc2c(c1)c(-c1ccc(C(C)C)cc1)nc(=S)n2Cc1sccc1OCCO. The van der Waals surface area contributed by atoms with Crippen molar-refractivity contribution in [3.05, 3.63) is 69.1 Å². The molecule has 0 saturated heterocycles. The van der Waals surface area contributed by atoms with Crippen molar-refractivity contribution in [1.82, 2.24) is 9.55 Å². The van der Waals surface area contributed by atoms with Crippen molar-refractivity contribution in [2.45, 2.75) is 26.3 Å². The van der Waals surface area contributed by atoms with Gasteiger partial charge in [-0.05, 0) is 53.3 Å². The van der Waals surface area contributed by atoms with Crippen LogP contribution in [-0.2, 0) is 6.54 Å². The smallest absolute Gasteiger partial charge is 0.200 e. The summed E-state index contributed by atoms with van der Waals surface area (Å²) in [5.41, 5.74) is 4.01. The van der Waals surface area contributed by atoms with Crippen molar-refractivity contribution in [1.29, 1.82) is 0 Å². The first-order chi connectivity index (χ1) is 16.5. The predicted molar refractivity (Wildman–Crippen MR) is 140 cm³/mol. The highest BCUT2D eigenvalue weighted by molar-refractivity contribution is 7.71. The van der Waals surface area contributed by atoms with Crippen molar-refractivity contribution < 1.29 is 14.6 Å². The Balaban J connectivity index is 1.84. The van der Waals surface area contributed by atoms with E-state index in [9.17, 15) is 0 Å². The highest BCUT2D eigenvalue weighted by atomic mass is 32.1. The molecule has 2 heterocycles. The summed E-state index contributed by atoms with van der Waals surface area (Å²) in [5, 5.41) is 12.0. The molecule has 5 nitrogen and oxygen atoms in total. The molecule has 0 unspecified atom stereocenters. The molecular weight excluding hydrogens is 464 g/mol. The van der Waals surface area contributed by atoms with Crippen LogP contribution in [0.4, 0.5) is 0 Å². The number of terminal acetylenes is 1. The Morgan fingerprint density at radius 2 is 1.94 bits per heavy atom. The minimum Gasteiger partial charge on any atom is -0.490 e. The molecule has 2 aromatic heterocycles. The van der Waals surface area contributed by atoms with Gasteiger partial charge in [-0.2, -0.15) is 0 Å². The Bertz CT molecular complexity index is 1380. The van der Waals surface area contributed by atoms with Gasteiger partial charge in [-0.25, -0.2) is 4.98 Å². The molecular formula is C27H26N2O3S2. The molecule has 0 radical (unpaired) electrons. The van der Waals surface area contributed by atoms with Crippen LogP contribution in [0.15, 0.2) is 53.9 Å². The van der Waals surface area contributed by atoms with Gasteiger partial charge in [0.25, 0.3) is 0 Å². The fraction of sp³-hybridized carbons (Fsp3) is 0.259. The normalized spacial score (nSPS) is 11.0. The summed E-state index contributed by atoms with van der Waals surface area (Å²) in [5.74, 6) is 4.38. The van der Waals surface area contributed by atoms with E-state index in [0.717, 1.165) is 32.8 Å². The second-order valence-electron chi connectivity index (χ2n) is 8.06. The van der Waals surface area contributed by atoms with Gasteiger partial charge in [0, 0.05) is 10.9 Å². The third-order valence-electron chi connectivity index (χ3n) is 5.48. The number of ether oxygens (including phenoxy) is 2. The first kappa shape index (κ1) is 24.0. The molecule has 0 aliphatic heterocycles. The third-order valence-corrected chi connectivity index (χ3v) is 6.68. The van der Waals surface area contributed by atoms with E-state index >= 15 is 0 Å². The molecule has 34 heavy (non-hydrogen) atoms. The Kier molecular flexibility index (Phi) is 7.63. The number of aliphatic hydroxyl groups is 1. The average molecular weight is 491 g/mol. The maximum absolute atomic E-state index is 9.13. The number of thiophene rings is 1. The number of aliphatic hydroxyl groups excluding tert-OH is 1. The molecule has 7 heteroatoms. The number of benzene rings is 2. The summed E-state index contributed by atoms with van der Waals surface area (Å²) >= 11 is 7.34. The molecule has 4 aromatic rings. The van der Waals surface area contributed by atoms with E-state index in [1.807, 2.05) is 34.2 Å². The standard InChI is InChI=1S/C27H26N2O3S2/c1-4-13-31-21-9-10-23-22(16-21)26(20-7-5-19(6-8-20)18(2)3)28-27(33)29(23)17-25-24(11-15-34-25)32-14-12-30/h1,5-11,15-16,18,30H,12-14,17H2,2-3H3. The summed E-state index contributed by atoms with van der Waals surface area (Å²) in [7, 11) is 0. The zero-order chi connectivity index (χ0) is 24.1. The van der Waals surface area contributed by atoms with Gasteiger partial charge in [0.05, 0.1) is 29.2 Å². The molecule has 0 aliphatic carbocycles. The fourth-order valence-corrected chi connectivity index (χ4v) is 4.80. The Labute approximate surface area is 208 Å².